The third-order valence-corrected chi connectivity index (χ3v) is 11.2. The predicted molar refractivity (Wildman–Crippen MR) is 192 cm³/mol. The molecule has 5 aliphatic rings. The lowest BCUT2D eigenvalue weighted by molar-refractivity contribution is 0.442. The summed E-state index contributed by atoms with van der Waals surface area (Å²) < 4.78 is 35.2. The molecule has 2 aromatic carbocycles. The second-order valence-corrected chi connectivity index (χ2v) is 14.1. The van der Waals surface area contributed by atoms with E-state index in [0.29, 0.717) is 82.8 Å². The van der Waals surface area contributed by atoms with E-state index in [2.05, 4.69) is 15.2 Å². The Bertz CT molecular complexity index is 2140. The van der Waals surface area contributed by atoms with Gasteiger partial charge in [0.05, 0.1) is 39.1 Å². The van der Waals surface area contributed by atoms with Gasteiger partial charge >= 0.3 is 0 Å². The number of amidine groups is 1. The van der Waals surface area contributed by atoms with E-state index in [1.54, 1.807) is 11.1 Å². The number of aryl methyl sites for hydroxylation is 1. The van der Waals surface area contributed by atoms with Crippen LogP contribution in [0.1, 0.15) is 25.8 Å². The highest BCUT2D eigenvalue weighted by atomic mass is 32.2. The first kappa shape index (κ1) is 30.7. The summed E-state index contributed by atoms with van der Waals surface area (Å²) in [6.07, 6.45) is 5.68. The van der Waals surface area contributed by atoms with Gasteiger partial charge in [0.25, 0.3) is 0 Å². The van der Waals surface area contributed by atoms with Crippen LogP contribution in [0.5, 0.6) is 0 Å². The fraction of sp³-hybridized carbons (Fsp3) is 0.441. The van der Waals surface area contributed by atoms with E-state index in [9.17, 15) is 9.59 Å². The summed E-state index contributed by atoms with van der Waals surface area (Å²) >= 11 is 1.46. The zero-order valence-corrected chi connectivity index (χ0v) is 28.1. The summed E-state index contributed by atoms with van der Waals surface area (Å²) in [5, 5.41) is 18.1. The normalized spacial score (nSPS) is 19.8. The maximum Gasteiger partial charge on any atom is 0.214 e. The van der Waals surface area contributed by atoms with Gasteiger partial charge in [0.15, 0.2) is 0 Å². The fourth-order valence-electron chi connectivity index (χ4n) is 7.48. The quantitative estimate of drug-likeness (QED) is 0.315. The van der Waals surface area contributed by atoms with Gasteiger partial charge in [-0.1, -0.05) is 11.8 Å². The molecule has 3 saturated heterocycles. The summed E-state index contributed by atoms with van der Waals surface area (Å²) in [5.74, 6) is -0.361. The van der Waals surface area contributed by atoms with Crippen molar-refractivity contribution in [2.45, 2.75) is 32.4 Å². The maximum atomic E-state index is 15.6. The fourth-order valence-corrected chi connectivity index (χ4v) is 8.46. The minimum Gasteiger partial charge on any atom is -0.367 e. The smallest absolute Gasteiger partial charge is 0.214 e. The number of nitrogens with zero attached hydrogens (tertiary/aromatic N) is 8. The first-order valence-corrected chi connectivity index (χ1v) is 18.1. The number of thioether (sulfide) groups is 1. The highest BCUT2D eigenvalue weighted by Crippen LogP contribution is 2.40. The van der Waals surface area contributed by atoms with Crippen LogP contribution in [0.15, 0.2) is 51.3 Å². The number of rotatable bonds is 6. The first-order chi connectivity index (χ1) is 23.9. The zero-order chi connectivity index (χ0) is 33.4. The molecule has 0 atom stereocenters. The minimum absolute atomic E-state index is 0.203. The van der Waals surface area contributed by atoms with Gasteiger partial charge in [-0.2, -0.15) is 0 Å². The van der Waals surface area contributed by atoms with Gasteiger partial charge in [-0.05, 0) is 44.0 Å². The van der Waals surface area contributed by atoms with Crippen LogP contribution >= 0.6 is 11.8 Å². The highest BCUT2D eigenvalue weighted by molar-refractivity contribution is 8.14. The van der Waals surface area contributed by atoms with Crippen molar-refractivity contribution in [2.75, 3.05) is 84.7 Å². The SMILES string of the molecule is CCn1cc(N2CSC3=NN(c4cn(C5CC5)c5cc(N6CCNCC6)c(F)cc5c4=O)CN32)c(=O)c2cc(F)c(N3CCNCC3)cc21. The second-order valence-electron chi connectivity index (χ2n) is 13.2. The van der Waals surface area contributed by atoms with E-state index in [1.807, 2.05) is 49.8 Å². The lowest BCUT2D eigenvalue weighted by Gasteiger charge is -2.31. The van der Waals surface area contributed by atoms with Crippen LogP contribution in [-0.4, -0.2) is 84.2 Å². The molecule has 4 fully saturated rings. The highest BCUT2D eigenvalue weighted by Gasteiger charge is 2.38. The van der Waals surface area contributed by atoms with Crippen LogP contribution in [0.3, 0.4) is 0 Å². The lowest BCUT2D eigenvalue weighted by Crippen LogP contribution is -2.44. The zero-order valence-electron chi connectivity index (χ0n) is 27.3. The number of nitrogens with one attached hydrogen (secondary N) is 2. The Morgan fingerprint density at radius 2 is 1.37 bits per heavy atom. The number of pyridine rings is 2. The monoisotopic (exact) mass is 688 g/mol. The Morgan fingerprint density at radius 3 is 1.98 bits per heavy atom. The van der Waals surface area contributed by atoms with Crippen molar-refractivity contribution in [3.63, 3.8) is 0 Å². The standard InChI is InChI=1S/C34H38F2N10O2S/c1-2-40-17-31(33(48)22-13-24(35)28(15-26(22)40)41-9-5-37-6-10-41)46-20-49-34-39-44(19-45(34)46)30-18-43(21-3-4-21)27-16-29(42-11-7-38-8-12-42)25(36)14-23(27)32(30)47/h13-18,21,37-38H,2-12,19-20H2,1H3. The van der Waals surface area contributed by atoms with E-state index in [-0.39, 0.29) is 23.6 Å². The van der Waals surface area contributed by atoms with Gasteiger partial charge in [0, 0.05) is 77.3 Å². The van der Waals surface area contributed by atoms with Gasteiger partial charge in [0.1, 0.15) is 29.7 Å². The molecule has 15 heteroatoms. The number of anilines is 4. The Hall–Kier alpha value is -4.34. The third kappa shape index (κ3) is 5.12. The summed E-state index contributed by atoms with van der Waals surface area (Å²) in [6, 6.07) is 6.63. The summed E-state index contributed by atoms with van der Waals surface area (Å²) in [7, 11) is 0. The van der Waals surface area contributed by atoms with Crippen molar-refractivity contribution in [3.05, 3.63) is 68.7 Å². The van der Waals surface area contributed by atoms with Crippen LogP contribution in [0.2, 0.25) is 0 Å². The van der Waals surface area contributed by atoms with E-state index in [0.717, 1.165) is 44.5 Å². The van der Waals surface area contributed by atoms with Crippen LogP contribution in [0.4, 0.5) is 31.5 Å². The summed E-state index contributed by atoms with van der Waals surface area (Å²) in [5.41, 5.74) is 2.70. The predicted octanol–water partition coefficient (Wildman–Crippen LogP) is 3.25. The third-order valence-electron chi connectivity index (χ3n) is 10.3. The van der Waals surface area contributed by atoms with E-state index < -0.39 is 11.6 Å². The number of halogens is 2. The minimum atomic E-state index is -0.406. The molecule has 0 radical (unpaired) electrons. The molecule has 0 unspecified atom stereocenters. The Kier molecular flexibility index (Phi) is 7.47. The van der Waals surface area contributed by atoms with E-state index in [1.165, 1.54) is 23.9 Å². The average molecular weight is 689 g/mol. The van der Waals surface area contributed by atoms with Crippen molar-refractivity contribution < 1.29 is 8.78 Å². The lowest BCUT2D eigenvalue weighted by atomic mass is 10.1. The second kappa shape index (κ2) is 11.9. The maximum absolute atomic E-state index is 15.6. The molecule has 49 heavy (non-hydrogen) atoms. The van der Waals surface area contributed by atoms with E-state index in [4.69, 9.17) is 5.10 Å². The molecule has 2 N–H and O–H groups in total. The largest absolute Gasteiger partial charge is 0.367 e. The average Bonchev–Trinajstić information content (AvgIpc) is 3.77. The Morgan fingerprint density at radius 1 is 0.776 bits per heavy atom. The van der Waals surface area contributed by atoms with Gasteiger partial charge in [-0.25, -0.2) is 18.8 Å². The van der Waals surface area contributed by atoms with Crippen LogP contribution < -0.4 is 41.3 Å². The van der Waals surface area contributed by atoms with Crippen molar-refractivity contribution in [2.24, 2.45) is 5.10 Å². The number of hydrazine groups is 1. The van der Waals surface area contributed by atoms with Crippen molar-refractivity contribution in [1.29, 1.82) is 0 Å². The molecule has 0 amide bonds. The van der Waals surface area contributed by atoms with E-state index >= 15 is 8.78 Å². The van der Waals surface area contributed by atoms with Gasteiger partial charge in [-0.3, -0.25) is 14.6 Å². The number of hydrazone groups is 1. The number of hydrogen-bond acceptors (Lipinski definition) is 11. The molecule has 12 nitrogen and oxygen atoms in total. The topological polar surface area (TPSA) is 96.6 Å². The summed E-state index contributed by atoms with van der Waals surface area (Å²) in [4.78, 5) is 32.1. The number of hydrogen-bond donors (Lipinski definition) is 2. The molecule has 1 aliphatic carbocycles. The number of aromatic nitrogens is 2. The molecule has 4 aromatic rings. The molecule has 9 rings (SSSR count). The Labute approximate surface area is 285 Å². The van der Waals surface area contributed by atoms with Crippen molar-refractivity contribution >= 4 is 61.5 Å². The molecular weight excluding hydrogens is 651 g/mol. The van der Waals surface area contributed by atoms with Crippen LogP contribution in [-0.2, 0) is 6.54 Å². The van der Waals surface area contributed by atoms with Crippen LogP contribution in [0.25, 0.3) is 21.8 Å². The number of piperazine rings is 2. The van der Waals surface area contributed by atoms with Crippen molar-refractivity contribution in [1.82, 2.24) is 24.8 Å². The molecule has 4 aliphatic heterocycles. The number of fused-ring (bicyclic) bond motifs is 3. The number of benzene rings is 2. The van der Waals surface area contributed by atoms with Gasteiger partial charge in [-0.15, -0.1) is 5.10 Å². The summed E-state index contributed by atoms with van der Waals surface area (Å²) in [6.45, 7) is 8.74. The Balaban J connectivity index is 1.06. The first-order valence-electron chi connectivity index (χ1n) is 17.1. The molecule has 2 aromatic heterocycles. The van der Waals surface area contributed by atoms with Gasteiger partial charge < -0.3 is 29.6 Å². The molecule has 0 spiro atoms. The molecular formula is C34H38F2N10O2S. The van der Waals surface area contributed by atoms with Crippen molar-refractivity contribution in [3.8, 4) is 0 Å². The molecule has 256 valence electrons. The van der Waals surface area contributed by atoms with Gasteiger partial charge in [0.2, 0.25) is 16.0 Å². The molecule has 1 saturated carbocycles. The molecule has 0 bridgehead atoms. The van der Waals surface area contributed by atoms with Crippen LogP contribution in [0, 0.1) is 11.6 Å². The molecule has 6 heterocycles.